The lowest BCUT2D eigenvalue weighted by Gasteiger charge is -2.12. The molecule has 0 heterocycles. The lowest BCUT2D eigenvalue weighted by molar-refractivity contribution is -0.119. The van der Waals surface area contributed by atoms with Crippen molar-refractivity contribution in [3.63, 3.8) is 0 Å². The molecule has 1 amide bonds. The number of amides is 1. The summed E-state index contributed by atoms with van der Waals surface area (Å²) in [4.78, 5) is 11.9. The van der Waals surface area contributed by atoms with Gasteiger partial charge < -0.3 is 15.2 Å². The second kappa shape index (κ2) is 8.89. The highest BCUT2D eigenvalue weighted by Crippen LogP contribution is 2.17. The van der Waals surface area contributed by atoms with Gasteiger partial charge in [0.1, 0.15) is 5.75 Å². The van der Waals surface area contributed by atoms with Crippen LogP contribution >= 0.6 is 0 Å². The third-order valence-electron chi connectivity index (χ3n) is 3.63. The predicted molar refractivity (Wildman–Crippen MR) is 95.6 cm³/mol. The van der Waals surface area contributed by atoms with E-state index in [0.717, 1.165) is 18.4 Å². The molecule has 0 radical (unpaired) electrons. The minimum absolute atomic E-state index is 0.358. The number of aryl methyl sites for hydroxylation is 1. The first-order valence-corrected chi connectivity index (χ1v) is 8.02. The van der Waals surface area contributed by atoms with Crippen LogP contribution in [0.15, 0.2) is 54.6 Å². The molecule has 2 N–H and O–H groups in total. The number of hydrogen-bond acceptors (Lipinski definition) is 3. The lowest BCUT2D eigenvalue weighted by Crippen LogP contribution is -2.26. The van der Waals surface area contributed by atoms with E-state index in [4.69, 9.17) is 4.74 Å². The molecule has 2 aromatic rings. The van der Waals surface area contributed by atoms with E-state index in [-0.39, 0.29) is 5.91 Å². The van der Waals surface area contributed by atoms with Gasteiger partial charge in [-0.15, -0.1) is 0 Å². The lowest BCUT2D eigenvalue weighted by atomic mass is 10.1. The molecule has 1 unspecified atom stereocenters. The summed E-state index contributed by atoms with van der Waals surface area (Å²) in [5, 5.41) is 12.6. The number of aliphatic hydroxyl groups excluding tert-OH is 1. The van der Waals surface area contributed by atoms with Gasteiger partial charge in [0.05, 0.1) is 7.11 Å². The van der Waals surface area contributed by atoms with Gasteiger partial charge in [0.25, 0.3) is 0 Å². The van der Waals surface area contributed by atoms with Crippen LogP contribution in [0.25, 0.3) is 6.08 Å². The van der Waals surface area contributed by atoms with E-state index < -0.39 is 6.23 Å². The first-order chi connectivity index (χ1) is 11.6. The van der Waals surface area contributed by atoms with Crippen LogP contribution in [0, 0.1) is 0 Å². The molecular weight excluding hydrogens is 302 g/mol. The molecule has 4 heteroatoms. The van der Waals surface area contributed by atoms with Crippen molar-refractivity contribution in [2.45, 2.75) is 26.0 Å². The maximum atomic E-state index is 11.9. The molecule has 126 valence electrons. The van der Waals surface area contributed by atoms with Crippen molar-refractivity contribution in [3.05, 3.63) is 71.3 Å². The number of methoxy groups -OCH3 is 1. The van der Waals surface area contributed by atoms with Gasteiger partial charge in [-0.05, 0) is 35.8 Å². The van der Waals surface area contributed by atoms with E-state index in [1.54, 1.807) is 37.5 Å². The van der Waals surface area contributed by atoms with Gasteiger partial charge in [0.2, 0.25) is 5.91 Å². The highest BCUT2D eigenvalue weighted by molar-refractivity contribution is 5.91. The third kappa shape index (κ3) is 5.25. The monoisotopic (exact) mass is 325 g/mol. The molecule has 0 saturated carbocycles. The maximum Gasteiger partial charge on any atom is 0.246 e. The average Bonchev–Trinajstić information content (AvgIpc) is 2.61. The first-order valence-electron chi connectivity index (χ1n) is 8.02. The van der Waals surface area contributed by atoms with Crippen molar-refractivity contribution in [1.29, 1.82) is 0 Å². The number of carbonyl (C=O) groups is 1. The Bertz CT molecular complexity index is 692. The Morgan fingerprint density at radius 1 is 1.25 bits per heavy atom. The Balaban J connectivity index is 1.93. The van der Waals surface area contributed by atoms with Crippen LogP contribution in [-0.2, 0) is 11.2 Å². The zero-order chi connectivity index (χ0) is 17.4. The molecular formula is C20H23NO3. The summed E-state index contributed by atoms with van der Waals surface area (Å²) < 4.78 is 5.10. The van der Waals surface area contributed by atoms with E-state index in [1.165, 1.54) is 11.6 Å². The second-order valence-electron chi connectivity index (χ2n) is 5.51. The Morgan fingerprint density at radius 3 is 2.67 bits per heavy atom. The van der Waals surface area contributed by atoms with Crippen LogP contribution in [0.5, 0.6) is 5.75 Å². The fourth-order valence-corrected chi connectivity index (χ4v) is 2.33. The van der Waals surface area contributed by atoms with Crippen LogP contribution in [-0.4, -0.2) is 18.1 Å². The zero-order valence-electron chi connectivity index (χ0n) is 14.0. The summed E-state index contributed by atoms with van der Waals surface area (Å²) in [6.45, 7) is 2.14. The SMILES string of the molecule is CCCc1ccc(C=CC(=O)NC(O)c2cccc(OC)c2)cc1. The minimum atomic E-state index is -1.08. The summed E-state index contributed by atoms with van der Waals surface area (Å²) in [5.41, 5.74) is 2.80. The molecule has 24 heavy (non-hydrogen) atoms. The average molecular weight is 325 g/mol. The molecule has 0 spiro atoms. The molecule has 0 bridgehead atoms. The largest absolute Gasteiger partial charge is 0.497 e. The molecule has 0 saturated heterocycles. The molecule has 2 rings (SSSR count). The van der Waals surface area contributed by atoms with Crippen LogP contribution < -0.4 is 10.1 Å². The maximum absolute atomic E-state index is 11.9. The van der Waals surface area contributed by atoms with Gasteiger partial charge >= 0.3 is 0 Å². The van der Waals surface area contributed by atoms with E-state index >= 15 is 0 Å². The highest BCUT2D eigenvalue weighted by Gasteiger charge is 2.09. The number of nitrogens with one attached hydrogen (secondary N) is 1. The molecule has 0 fully saturated rings. The van der Waals surface area contributed by atoms with E-state index in [1.807, 2.05) is 12.1 Å². The number of aliphatic hydroxyl groups is 1. The van der Waals surface area contributed by atoms with Crippen LogP contribution in [0.2, 0.25) is 0 Å². The topological polar surface area (TPSA) is 58.6 Å². The molecule has 0 aromatic heterocycles. The normalized spacial score (nSPS) is 12.1. The molecule has 1 atom stereocenters. The van der Waals surface area contributed by atoms with Crippen molar-refractivity contribution >= 4 is 12.0 Å². The van der Waals surface area contributed by atoms with Gasteiger partial charge in [-0.1, -0.05) is 49.7 Å². The molecule has 0 aliphatic carbocycles. The number of rotatable bonds is 7. The van der Waals surface area contributed by atoms with E-state index in [9.17, 15) is 9.90 Å². The summed E-state index contributed by atoms with van der Waals surface area (Å²) in [6.07, 6.45) is 4.22. The first kappa shape index (κ1) is 17.8. The molecule has 0 aliphatic heterocycles. The van der Waals surface area contributed by atoms with Crippen molar-refractivity contribution < 1.29 is 14.6 Å². The molecule has 2 aromatic carbocycles. The van der Waals surface area contributed by atoms with Crippen molar-refractivity contribution in [2.24, 2.45) is 0 Å². The second-order valence-corrected chi connectivity index (χ2v) is 5.51. The number of ether oxygens (including phenoxy) is 1. The fraction of sp³-hybridized carbons (Fsp3) is 0.250. The summed E-state index contributed by atoms with van der Waals surface area (Å²) in [6, 6.07) is 15.0. The zero-order valence-corrected chi connectivity index (χ0v) is 14.0. The van der Waals surface area contributed by atoms with Crippen LogP contribution in [0.1, 0.15) is 36.3 Å². The summed E-state index contributed by atoms with van der Waals surface area (Å²) >= 11 is 0. The van der Waals surface area contributed by atoms with Crippen molar-refractivity contribution in [2.75, 3.05) is 7.11 Å². The Hall–Kier alpha value is -2.59. The molecule has 0 aliphatic rings. The van der Waals surface area contributed by atoms with Crippen molar-refractivity contribution in [1.82, 2.24) is 5.32 Å². The Morgan fingerprint density at radius 2 is 2.00 bits per heavy atom. The van der Waals surface area contributed by atoms with Gasteiger partial charge in [-0.3, -0.25) is 4.79 Å². The predicted octanol–water partition coefficient (Wildman–Crippen LogP) is 3.47. The summed E-state index contributed by atoms with van der Waals surface area (Å²) in [5.74, 6) is 0.270. The quantitative estimate of drug-likeness (QED) is 0.605. The van der Waals surface area contributed by atoms with Gasteiger partial charge in [-0.25, -0.2) is 0 Å². The highest BCUT2D eigenvalue weighted by atomic mass is 16.5. The third-order valence-corrected chi connectivity index (χ3v) is 3.63. The van der Waals surface area contributed by atoms with Crippen LogP contribution in [0.4, 0.5) is 0 Å². The van der Waals surface area contributed by atoms with Gasteiger partial charge in [0, 0.05) is 11.6 Å². The van der Waals surface area contributed by atoms with Crippen LogP contribution in [0.3, 0.4) is 0 Å². The van der Waals surface area contributed by atoms with E-state index in [2.05, 4.69) is 24.4 Å². The summed E-state index contributed by atoms with van der Waals surface area (Å²) in [7, 11) is 1.55. The van der Waals surface area contributed by atoms with E-state index in [0.29, 0.717) is 11.3 Å². The van der Waals surface area contributed by atoms with Gasteiger partial charge in [0.15, 0.2) is 6.23 Å². The van der Waals surface area contributed by atoms with Crippen molar-refractivity contribution in [3.8, 4) is 5.75 Å². The minimum Gasteiger partial charge on any atom is -0.497 e. The number of carbonyl (C=O) groups excluding carboxylic acids is 1. The Kier molecular flexibility index (Phi) is 6.58. The standard InChI is InChI=1S/C20H23NO3/c1-3-5-15-8-10-16(11-9-15)12-13-19(22)21-20(23)17-6-4-7-18(14-17)24-2/h4,6-14,20,23H,3,5H2,1-2H3,(H,21,22). The fourth-order valence-electron chi connectivity index (χ4n) is 2.33. The molecule has 4 nitrogen and oxygen atoms in total. The van der Waals surface area contributed by atoms with Gasteiger partial charge in [-0.2, -0.15) is 0 Å². The smallest absolute Gasteiger partial charge is 0.246 e. The number of benzene rings is 2. The Labute approximate surface area is 142 Å². The number of hydrogen-bond donors (Lipinski definition) is 2.